The van der Waals surface area contributed by atoms with Crippen molar-refractivity contribution in [1.29, 1.82) is 0 Å². The first kappa shape index (κ1) is 26.9. The molecule has 17 heteroatoms. The number of alkyl halides is 6. The fourth-order valence-electron chi connectivity index (χ4n) is 2.67. The van der Waals surface area contributed by atoms with Crippen LogP contribution in [0, 0.1) is 0 Å². The Balaban J connectivity index is 2.74. The zero-order chi connectivity index (χ0) is 25.4. The molecule has 0 saturated carbocycles. The molecule has 9 nitrogen and oxygen atoms in total. The molecule has 0 fully saturated rings. The molecule has 1 aliphatic rings. The number of hydrogen-bond donors (Lipinski definition) is 0. The van der Waals surface area contributed by atoms with Gasteiger partial charge in [0.15, 0.2) is 6.29 Å². The third-order valence-corrected chi connectivity index (χ3v) is 6.43. The number of halogens is 6. The molecular formula is C16H16F6N2O7S2. The summed E-state index contributed by atoms with van der Waals surface area (Å²) in [5.41, 5.74) is -13.2. The highest BCUT2D eigenvalue weighted by molar-refractivity contribution is 7.88. The van der Waals surface area contributed by atoms with E-state index in [0.717, 1.165) is 35.9 Å². The van der Waals surface area contributed by atoms with Gasteiger partial charge in [-0.1, -0.05) is 6.08 Å². The molecule has 33 heavy (non-hydrogen) atoms. The van der Waals surface area contributed by atoms with E-state index in [9.17, 15) is 48.0 Å². The zero-order valence-electron chi connectivity index (χ0n) is 16.7. The van der Waals surface area contributed by atoms with Crippen molar-refractivity contribution in [2.45, 2.75) is 23.2 Å². The number of carbonyl (C=O) groups is 1. The Morgan fingerprint density at radius 3 is 1.85 bits per heavy atom. The predicted molar refractivity (Wildman–Crippen MR) is 99.3 cm³/mol. The van der Waals surface area contributed by atoms with Crippen LogP contribution in [0.25, 0.3) is 0 Å². The topological polar surface area (TPSA) is 112 Å². The summed E-state index contributed by atoms with van der Waals surface area (Å²) >= 11 is 0. The van der Waals surface area contributed by atoms with Crippen molar-refractivity contribution in [3.63, 3.8) is 0 Å². The van der Waals surface area contributed by atoms with Gasteiger partial charge in [-0.25, -0.2) is 0 Å². The van der Waals surface area contributed by atoms with Crippen molar-refractivity contribution in [3.05, 3.63) is 47.4 Å². The molecular weight excluding hydrogens is 510 g/mol. The molecule has 2 rings (SSSR count). The first-order valence-corrected chi connectivity index (χ1v) is 11.4. The van der Waals surface area contributed by atoms with Gasteiger partial charge < -0.3 is 9.47 Å². The van der Waals surface area contributed by atoms with E-state index in [0.29, 0.717) is 0 Å². The molecule has 0 spiro atoms. The monoisotopic (exact) mass is 526 g/mol. The van der Waals surface area contributed by atoms with Crippen LogP contribution < -0.4 is 0 Å². The lowest BCUT2D eigenvalue weighted by atomic mass is 10.0. The summed E-state index contributed by atoms with van der Waals surface area (Å²) < 4.78 is 134. The van der Waals surface area contributed by atoms with Crippen LogP contribution in [-0.4, -0.2) is 63.3 Å². The quantitative estimate of drug-likeness (QED) is 0.220. The number of carbonyl (C=O) groups excluding carboxylic acids is 1. The second kappa shape index (κ2) is 9.11. The summed E-state index contributed by atoms with van der Waals surface area (Å²) in [6.07, 6.45) is -1.55. The van der Waals surface area contributed by atoms with Gasteiger partial charge in [0, 0.05) is 20.6 Å². The van der Waals surface area contributed by atoms with Crippen molar-refractivity contribution in [2.24, 2.45) is 7.05 Å². The summed E-state index contributed by atoms with van der Waals surface area (Å²) in [6, 6.07) is 1.89. The maximum atomic E-state index is 13.0. The molecule has 2 atom stereocenters. The van der Waals surface area contributed by atoms with Gasteiger partial charge in [-0.15, -0.1) is 0 Å². The first-order chi connectivity index (χ1) is 14.9. The van der Waals surface area contributed by atoms with Gasteiger partial charge in [0.2, 0.25) is 0 Å². The fraction of sp³-hybridized carbons (Fsp3) is 0.438. The summed E-state index contributed by atoms with van der Waals surface area (Å²) in [5, 5.41) is 0. The van der Waals surface area contributed by atoms with Crippen LogP contribution in [0.3, 0.4) is 0 Å². The normalized spacial score (nSPS) is 17.6. The Bertz CT molecular complexity index is 1170. The van der Waals surface area contributed by atoms with E-state index >= 15 is 0 Å². The second-order valence-electron chi connectivity index (χ2n) is 6.65. The van der Waals surface area contributed by atoms with Crippen molar-refractivity contribution in [3.8, 4) is 0 Å². The molecule has 0 radical (unpaired) electrons. The van der Waals surface area contributed by atoms with E-state index in [-0.39, 0.29) is 18.5 Å². The summed E-state index contributed by atoms with van der Waals surface area (Å²) in [4.78, 5) is 12.6. The highest BCUT2D eigenvalue weighted by Crippen LogP contribution is 2.39. The SMILES string of the molecule is CN1C=CC(C(OS(=O)(=O)C(F)(F)F)C(OS(=O)(=O)C(F)(F)F)c2ccc(C=O)n2C)=CC1. The lowest BCUT2D eigenvalue weighted by Gasteiger charge is -2.30. The number of nitrogens with zero attached hydrogens (tertiary/aromatic N) is 2. The molecule has 0 bridgehead atoms. The number of likely N-dealkylation sites (N-methyl/N-ethyl adjacent to an activating group) is 1. The Morgan fingerprint density at radius 2 is 1.45 bits per heavy atom. The van der Waals surface area contributed by atoms with Crippen molar-refractivity contribution >= 4 is 26.5 Å². The third-order valence-electron chi connectivity index (χ3n) is 4.38. The Kier molecular flexibility index (Phi) is 7.42. The molecule has 0 aliphatic carbocycles. The molecule has 0 N–H and O–H groups in total. The Hall–Kier alpha value is -2.37. The number of rotatable bonds is 8. The average molecular weight is 526 g/mol. The molecule has 186 valence electrons. The molecule has 0 saturated heterocycles. The van der Waals surface area contributed by atoms with Crippen molar-refractivity contribution in [1.82, 2.24) is 9.47 Å². The average Bonchev–Trinajstić information content (AvgIpc) is 3.04. The number of hydrogen-bond acceptors (Lipinski definition) is 8. The predicted octanol–water partition coefficient (Wildman–Crippen LogP) is 2.37. The highest BCUT2D eigenvalue weighted by Gasteiger charge is 2.54. The zero-order valence-corrected chi connectivity index (χ0v) is 18.3. The highest BCUT2D eigenvalue weighted by atomic mass is 32.2. The van der Waals surface area contributed by atoms with Crippen LogP contribution in [-0.2, 0) is 35.7 Å². The molecule has 0 amide bonds. The van der Waals surface area contributed by atoms with Gasteiger partial charge in [-0.05, 0) is 30.0 Å². The van der Waals surface area contributed by atoms with Crippen LogP contribution in [0.4, 0.5) is 26.3 Å². The minimum Gasteiger partial charge on any atom is -0.377 e. The largest absolute Gasteiger partial charge is 0.523 e. The Labute approximate surface area is 184 Å². The van der Waals surface area contributed by atoms with E-state index in [4.69, 9.17) is 0 Å². The van der Waals surface area contributed by atoms with Gasteiger partial charge >= 0.3 is 31.3 Å². The van der Waals surface area contributed by atoms with Gasteiger partial charge in [0.1, 0.15) is 12.2 Å². The van der Waals surface area contributed by atoms with Crippen LogP contribution in [0.2, 0.25) is 0 Å². The molecule has 0 aromatic carbocycles. The summed E-state index contributed by atoms with van der Waals surface area (Å²) in [6.45, 7) is -0.0385. The summed E-state index contributed by atoms with van der Waals surface area (Å²) in [7, 11) is -10.3. The number of aldehydes is 1. The third kappa shape index (κ3) is 5.77. The lowest BCUT2D eigenvalue weighted by Crippen LogP contribution is -2.39. The van der Waals surface area contributed by atoms with Gasteiger partial charge in [0.05, 0.1) is 11.4 Å². The van der Waals surface area contributed by atoms with Crippen LogP contribution in [0.1, 0.15) is 22.3 Å². The smallest absolute Gasteiger partial charge is 0.377 e. The minimum absolute atomic E-state index is 0.0385. The van der Waals surface area contributed by atoms with Gasteiger partial charge in [0.25, 0.3) is 0 Å². The Morgan fingerprint density at radius 1 is 0.939 bits per heavy atom. The maximum Gasteiger partial charge on any atom is 0.523 e. The van der Waals surface area contributed by atoms with Crippen molar-refractivity contribution in [2.75, 3.05) is 13.6 Å². The van der Waals surface area contributed by atoms with Crippen molar-refractivity contribution < 1.29 is 56.3 Å². The molecule has 2 unspecified atom stereocenters. The van der Waals surface area contributed by atoms with E-state index < -0.39 is 54.7 Å². The molecule has 1 aromatic rings. The van der Waals surface area contributed by atoms with E-state index in [1.807, 2.05) is 0 Å². The van der Waals surface area contributed by atoms with Crippen LogP contribution >= 0.6 is 0 Å². The van der Waals surface area contributed by atoms with Crippen LogP contribution in [0.15, 0.2) is 36.1 Å². The molecule has 1 aliphatic heterocycles. The standard InChI is InChI=1S/C16H16F6N2O7S2/c1-23-7-5-10(6-8-23)13(30-32(26,27)15(17,18)19)14(31-33(28,29)16(20,21)22)12-4-3-11(9-25)24(12)2/h3-7,9,13-14H,8H2,1-2H3. The maximum absolute atomic E-state index is 13.0. The van der Waals surface area contributed by atoms with E-state index in [1.165, 1.54) is 18.1 Å². The molecule has 1 aromatic heterocycles. The lowest BCUT2D eigenvalue weighted by molar-refractivity contribution is -0.0685. The van der Waals surface area contributed by atoms with E-state index in [2.05, 4.69) is 8.37 Å². The van der Waals surface area contributed by atoms with E-state index in [1.54, 1.807) is 0 Å². The van der Waals surface area contributed by atoms with Crippen LogP contribution in [0.5, 0.6) is 0 Å². The first-order valence-electron chi connectivity index (χ1n) is 8.59. The minimum atomic E-state index is -6.46. The molecule has 2 heterocycles. The van der Waals surface area contributed by atoms with Gasteiger partial charge in [-0.3, -0.25) is 13.2 Å². The fourth-order valence-corrected chi connectivity index (χ4v) is 3.84. The van der Waals surface area contributed by atoms with Gasteiger partial charge in [-0.2, -0.15) is 43.2 Å². The summed E-state index contributed by atoms with van der Waals surface area (Å²) in [5.74, 6) is 0. The second-order valence-corrected chi connectivity index (χ2v) is 9.78. The number of aromatic nitrogens is 1.